The molecule has 0 aliphatic carbocycles. The van der Waals surface area contributed by atoms with Gasteiger partial charge in [-0.1, -0.05) is 48.0 Å². The lowest BCUT2D eigenvalue weighted by atomic mass is 10.1. The molecule has 3 rings (SSSR count). The summed E-state index contributed by atoms with van der Waals surface area (Å²) in [5, 5.41) is 5.18. The molecule has 0 bridgehead atoms. The summed E-state index contributed by atoms with van der Waals surface area (Å²) in [6.45, 7) is 1.51. The zero-order valence-electron chi connectivity index (χ0n) is 13.6. The van der Waals surface area contributed by atoms with Crippen LogP contribution >= 0.6 is 11.6 Å². The van der Waals surface area contributed by atoms with Crippen molar-refractivity contribution in [1.29, 1.82) is 0 Å². The van der Waals surface area contributed by atoms with E-state index in [-0.39, 0.29) is 6.61 Å². The molecule has 0 saturated carbocycles. The summed E-state index contributed by atoms with van der Waals surface area (Å²) in [4.78, 5) is 24.0. The number of amides is 1. The predicted octanol–water partition coefficient (Wildman–Crippen LogP) is 4.60. The highest BCUT2D eigenvalue weighted by Gasteiger charge is 2.11. The number of anilines is 1. The molecular formula is C20H16ClNO3. The molecule has 5 heteroatoms. The maximum Gasteiger partial charge on any atom is 0.338 e. The van der Waals surface area contributed by atoms with Gasteiger partial charge in [0.05, 0.1) is 5.56 Å². The Balaban J connectivity index is 1.60. The maximum absolute atomic E-state index is 12.1. The van der Waals surface area contributed by atoms with Crippen LogP contribution in [0.15, 0.2) is 60.7 Å². The van der Waals surface area contributed by atoms with Crippen LogP contribution in [0.4, 0.5) is 5.69 Å². The molecule has 1 N–H and O–H groups in total. The number of halogens is 1. The Bertz CT molecular complexity index is 953. The highest BCUT2D eigenvalue weighted by atomic mass is 35.5. The first kappa shape index (κ1) is 17.0. The summed E-state index contributed by atoms with van der Waals surface area (Å²) in [6, 6.07) is 18.2. The number of benzene rings is 3. The smallest absolute Gasteiger partial charge is 0.338 e. The molecule has 3 aromatic rings. The third kappa shape index (κ3) is 4.17. The van der Waals surface area contributed by atoms with E-state index in [2.05, 4.69) is 5.32 Å². The van der Waals surface area contributed by atoms with Gasteiger partial charge < -0.3 is 10.1 Å². The Kier molecular flexibility index (Phi) is 5.00. The zero-order chi connectivity index (χ0) is 17.8. The van der Waals surface area contributed by atoms with Crippen molar-refractivity contribution in [3.8, 4) is 0 Å². The average molecular weight is 354 g/mol. The lowest BCUT2D eigenvalue weighted by Crippen LogP contribution is -2.20. The van der Waals surface area contributed by atoms with Crippen molar-refractivity contribution in [1.82, 2.24) is 0 Å². The number of aryl methyl sites for hydroxylation is 1. The topological polar surface area (TPSA) is 55.4 Å². The van der Waals surface area contributed by atoms with E-state index < -0.39 is 11.9 Å². The third-order valence-corrected chi connectivity index (χ3v) is 4.18. The molecule has 0 unspecified atom stereocenters. The molecule has 0 heterocycles. The van der Waals surface area contributed by atoms with Crippen molar-refractivity contribution in [3.63, 3.8) is 0 Å². The number of carbonyl (C=O) groups excluding carboxylic acids is 2. The first-order chi connectivity index (χ1) is 12.0. The van der Waals surface area contributed by atoms with Gasteiger partial charge in [-0.15, -0.1) is 0 Å². The molecule has 4 nitrogen and oxygen atoms in total. The minimum atomic E-state index is -0.539. The molecule has 0 aliphatic heterocycles. The van der Waals surface area contributed by atoms with E-state index in [0.29, 0.717) is 16.3 Å². The van der Waals surface area contributed by atoms with E-state index in [4.69, 9.17) is 16.3 Å². The lowest BCUT2D eigenvalue weighted by molar-refractivity contribution is -0.119. The van der Waals surface area contributed by atoms with Crippen molar-refractivity contribution >= 4 is 39.9 Å². The number of esters is 1. The van der Waals surface area contributed by atoms with Crippen molar-refractivity contribution < 1.29 is 14.3 Å². The van der Waals surface area contributed by atoms with Gasteiger partial charge in [0.1, 0.15) is 0 Å². The molecular weight excluding hydrogens is 338 g/mol. The van der Waals surface area contributed by atoms with Crippen LogP contribution in [-0.4, -0.2) is 18.5 Å². The van der Waals surface area contributed by atoms with Crippen LogP contribution in [0.25, 0.3) is 10.8 Å². The number of hydrogen-bond acceptors (Lipinski definition) is 3. The van der Waals surface area contributed by atoms with Crippen molar-refractivity contribution in [2.45, 2.75) is 6.92 Å². The lowest BCUT2D eigenvalue weighted by Gasteiger charge is -2.08. The molecule has 1 amide bonds. The molecule has 0 spiro atoms. The molecule has 0 radical (unpaired) electrons. The summed E-state index contributed by atoms with van der Waals surface area (Å²) >= 11 is 6.02. The van der Waals surface area contributed by atoms with E-state index in [1.165, 1.54) is 0 Å². The van der Waals surface area contributed by atoms with Gasteiger partial charge in [-0.25, -0.2) is 4.79 Å². The summed E-state index contributed by atoms with van der Waals surface area (Å²) in [6.07, 6.45) is 0. The van der Waals surface area contributed by atoms with Gasteiger partial charge >= 0.3 is 5.97 Å². The number of carbonyl (C=O) groups is 2. The molecule has 0 aliphatic rings. The number of rotatable bonds is 4. The van der Waals surface area contributed by atoms with E-state index >= 15 is 0 Å². The summed E-state index contributed by atoms with van der Waals surface area (Å²) < 4.78 is 5.08. The van der Waals surface area contributed by atoms with E-state index in [1.54, 1.807) is 30.3 Å². The maximum atomic E-state index is 12.1. The molecule has 0 aromatic heterocycles. The highest BCUT2D eigenvalue weighted by Crippen LogP contribution is 2.20. The van der Waals surface area contributed by atoms with E-state index in [0.717, 1.165) is 16.3 Å². The SMILES string of the molecule is Cc1ccc(NC(=O)COC(=O)c2ccc3ccccc3c2)cc1Cl. The van der Waals surface area contributed by atoms with Gasteiger partial charge in [-0.05, 0) is 47.5 Å². The Labute approximate surface area is 150 Å². The highest BCUT2D eigenvalue weighted by molar-refractivity contribution is 6.31. The second kappa shape index (κ2) is 7.36. The van der Waals surface area contributed by atoms with Crippen LogP contribution in [0.2, 0.25) is 5.02 Å². The van der Waals surface area contributed by atoms with Crippen LogP contribution in [0.5, 0.6) is 0 Å². The minimum absolute atomic E-state index is 0.364. The van der Waals surface area contributed by atoms with Gasteiger partial charge in [-0.3, -0.25) is 4.79 Å². The van der Waals surface area contributed by atoms with Crippen LogP contribution in [0.1, 0.15) is 15.9 Å². The summed E-state index contributed by atoms with van der Waals surface area (Å²) in [7, 11) is 0. The Morgan fingerprint density at radius 1 is 1.00 bits per heavy atom. The molecule has 0 atom stereocenters. The van der Waals surface area contributed by atoms with Crippen LogP contribution in [0, 0.1) is 6.92 Å². The molecule has 0 fully saturated rings. The van der Waals surface area contributed by atoms with Gasteiger partial charge in [-0.2, -0.15) is 0 Å². The van der Waals surface area contributed by atoms with Crippen molar-refractivity contribution in [2.75, 3.05) is 11.9 Å². The monoisotopic (exact) mass is 353 g/mol. The number of hydrogen-bond donors (Lipinski definition) is 1. The Hall–Kier alpha value is -2.85. The first-order valence-corrected chi connectivity index (χ1v) is 8.12. The van der Waals surface area contributed by atoms with E-state index in [1.807, 2.05) is 37.3 Å². The predicted molar refractivity (Wildman–Crippen MR) is 99.0 cm³/mol. The minimum Gasteiger partial charge on any atom is -0.452 e. The van der Waals surface area contributed by atoms with Crippen LogP contribution < -0.4 is 5.32 Å². The third-order valence-electron chi connectivity index (χ3n) is 3.78. The number of ether oxygens (including phenoxy) is 1. The van der Waals surface area contributed by atoms with Crippen molar-refractivity contribution in [2.24, 2.45) is 0 Å². The number of nitrogens with one attached hydrogen (secondary N) is 1. The largest absolute Gasteiger partial charge is 0.452 e. The van der Waals surface area contributed by atoms with Crippen LogP contribution in [-0.2, 0) is 9.53 Å². The van der Waals surface area contributed by atoms with Gasteiger partial charge in [0.2, 0.25) is 0 Å². The first-order valence-electron chi connectivity index (χ1n) is 7.75. The van der Waals surface area contributed by atoms with Gasteiger partial charge in [0.25, 0.3) is 5.91 Å². The van der Waals surface area contributed by atoms with Gasteiger partial charge in [0.15, 0.2) is 6.61 Å². The fourth-order valence-electron chi connectivity index (χ4n) is 2.40. The van der Waals surface area contributed by atoms with Gasteiger partial charge in [0, 0.05) is 10.7 Å². The second-order valence-electron chi connectivity index (χ2n) is 5.65. The molecule has 25 heavy (non-hydrogen) atoms. The molecule has 0 saturated heterocycles. The Morgan fingerprint density at radius 3 is 2.52 bits per heavy atom. The molecule has 126 valence electrons. The number of fused-ring (bicyclic) bond motifs is 1. The fraction of sp³-hybridized carbons (Fsp3) is 0.100. The fourth-order valence-corrected chi connectivity index (χ4v) is 2.58. The Morgan fingerprint density at radius 2 is 1.76 bits per heavy atom. The van der Waals surface area contributed by atoms with Crippen molar-refractivity contribution in [3.05, 3.63) is 76.8 Å². The van der Waals surface area contributed by atoms with E-state index in [9.17, 15) is 9.59 Å². The van der Waals surface area contributed by atoms with Crippen LogP contribution in [0.3, 0.4) is 0 Å². The summed E-state index contributed by atoms with van der Waals surface area (Å²) in [5.74, 6) is -0.961. The normalized spacial score (nSPS) is 10.5. The average Bonchev–Trinajstić information content (AvgIpc) is 2.62. The second-order valence-corrected chi connectivity index (χ2v) is 6.06. The standard InChI is InChI=1S/C20H16ClNO3/c1-13-6-9-17(11-18(13)21)22-19(23)12-25-20(24)16-8-7-14-4-2-3-5-15(14)10-16/h2-11H,12H2,1H3,(H,22,23). The quantitative estimate of drug-likeness (QED) is 0.697. The summed E-state index contributed by atoms with van der Waals surface area (Å²) in [5.41, 5.74) is 1.88. The molecule has 3 aromatic carbocycles. The zero-order valence-corrected chi connectivity index (χ0v) is 14.3.